The fourth-order valence-corrected chi connectivity index (χ4v) is 6.03. The quantitative estimate of drug-likeness (QED) is 0.266. The number of likely N-dealkylation sites (tertiary alicyclic amines) is 1. The number of nitrogens with one attached hydrogen (secondary N) is 1. The lowest BCUT2D eigenvalue weighted by Gasteiger charge is -2.26. The third-order valence-corrected chi connectivity index (χ3v) is 8.08. The number of amides is 2. The van der Waals surface area contributed by atoms with Crippen molar-refractivity contribution in [3.05, 3.63) is 83.4 Å². The third-order valence-electron chi connectivity index (χ3n) is 8.08. The lowest BCUT2D eigenvalue weighted by Crippen LogP contribution is -2.44. The molecule has 3 atom stereocenters. The van der Waals surface area contributed by atoms with E-state index in [1.165, 1.54) is 5.56 Å². The highest BCUT2D eigenvalue weighted by Crippen LogP contribution is 2.37. The van der Waals surface area contributed by atoms with E-state index >= 15 is 0 Å². The number of nitrogens with two attached hydrogens (primary N) is 1. The molecule has 0 bridgehead atoms. The Labute approximate surface area is 269 Å². The number of primary amides is 1. The van der Waals surface area contributed by atoms with Gasteiger partial charge in [0.1, 0.15) is 5.75 Å². The second-order valence-corrected chi connectivity index (χ2v) is 11.8. The van der Waals surface area contributed by atoms with Crippen molar-refractivity contribution in [1.82, 2.24) is 15.1 Å². The molecule has 244 valence electrons. The number of nitrogens with zero attached hydrogens (tertiary/aromatic N) is 3. The minimum Gasteiger partial charge on any atom is -0.496 e. The van der Waals surface area contributed by atoms with E-state index in [4.69, 9.17) is 10.5 Å². The minimum absolute atomic E-state index is 0.0735. The van der Waals surface area contributed by atoms with Gasteiger partial charge in [0.25, 0.3) is 5.91 Å². The molecule has 2 amide bonds. The van der Waals surface area contributed by atoms with E-state index in [0.717, 1.165) is 28.8 Å². The molecule has 3 unspecified atom stereocenters. The molecule has 0 saturated carbocycles. The van der Waals surface area contributed by atoms with Gasteiger partial charge in [-0.25, -0.2) is 0 Å². The summed E-state index contributed by atoms with van der Waals surface area (Å²) in [5, 5.41) is 13.0. The Morgan fingerprint density at radius 2 is 1.76 bits per heavy atom. The standard InChI is InChI=1S/C34H45N5O4.C2H6/c1-37(2)21-28(16-23-10-7-6-8-11-23)36-34(42)27-17-26(18-29(19-27)38(3)4)30-13-9-12-24(32(30)43-5)20-39-15-14-25(22-40)31(39)33(35)41;1-2/h6-13,17-19,25,28,31,40H,14-16,20-22H2,1-5H3,(H2,35,41)(H,36,42);1-2H3. The number of benzene rings is 3. The van der Waals surface area contributed by atoms with E-state index in [0.29, 0.717) is 37.4 Å². The number of ether oxygens (including phenoxy) is 1. The van der Waals surface area contributed by atoms with Crippen LogP contribution >= 0.6 is 0 Å². The highest BCUT2D eigenvalue weighted by Gasteiger charge is 2.38. The summed E-state index contributed by atoms with van der Waals surface area (Å²) >= 11 is 0. The van der Waals surface area contributed by atoms with Gasteiger partial charge in [-0.2, -0.15) is 0 Å². The Morgan fingerprint density at radius 3 is 2.36 bits per heavy atom. The summed E-state index contributed by atoms with van der Waals surface area (Å²) in [6.45, 7) is 5.73. The maximum atomic E-state index is 13.7. The molecule has 0 aliphatic carbocycles. The summed E-state index contributed by atoms with van der Waals surface area (Å²) < 4.78 is 5.95. The molecule has 9 nitrogen and oxygen atoms in total. The Balaban J connectivity index is 0.00000271. The molecule has 0 radical (unpaired) electrons. The molecule has 1 heterocycles. The van der Waals surface area contributed by atoms with Gasteiger partial charge in [0, 0.05) is 68.1 Å². The molecule has 4 rings (SSSR count). The molecule has 1 aliphatic rings. The second-order valence-electron chi connectivity index (χ2n) is 11.8. The first-order valence-corrected chi connectivity index (χ1v) is 15.7. The summed E-state index contributed by atoms with van der Waals surface area (Å²) in [5.41, 5.74) is 10.9. The van der Waals surface area contributed by atoms with Crippen LogP contribution in [-0.4, -0.2) is 93.8 Å². The van der Waals surface area contributed by atoms with Gasteiger partial charge >= 0.3 is 0 Å². The molecule has 4 N–H and O–H groups in total. The van der Waals surface area contributed by atoms with Gasteiger partial charge in [-0.3, -0.25) is 14.5 Å². The molecule has 0 spiro atoms. The Kier molecular flexibility index (Phi) is 13.4. The highest BCUT2D eigenvalue weighted by molar-refractivity contribution is 5.97. The van der Waals surface area contributed by atoms with Crippen molar-refractivity contribution in [2.75, 3.05) is 59.9 Å². The molecular formula is C36H51N5O4. The molecule has 3 aromatic carbocycles. The molecule has 1 fully saturated rings. The number of aliphatic hydroxyl groups excluding tert-OH is 1. The van der Waals surface area contributed by atoms with Gasteiger partial charge in [0.15, 0.2) is 0 Å². The number of hydrogen-bond acceptors (Lipinski definition) is 7. The van der Waals surface area contributed by atoms with E-state index in [2.05, 4.69) is 22.3 Å². The van der Waals surface area contributed by atoms with Gasteiger partial charge < -0.3 is 30.7 Å². The molecule has 1 saturated heterocycles. The molecular weight excluding hydrogens is 566 g/mol. The molecule has 0 aromatic heterocycles. The molecule has 45 heavy (non-hydrogen) atoms. The first-order valence-electron chi connectivity index (χ1n) is 15.7. The van der Waals surface area contributed by atoms with E-state index < -0.39 is 11.9 Å². The minimum atomic E-state index is -0.531. The lowest BCUT2D eigenvalue weighted by molar-refractivity contribution is -0.124. The van der Waals surface area contributed by atoms with Crippen molar-refractivity contribution in [2.24, 2.45) is 11.7 Å². The van der Waals surface area contributed by atoms with Crippen LogP contribution in [0.3, 0.4) is 0 Å². The Morgan fingerprint density at radius 1 is 1.04 bits per heavy atom. The monoisotopic (exact) mass is 617 g/mol. The average molecular weight is 618 g/mol. The van der Waals surface area contributed by atoms with Gasteiger partial charge in [-0.15, -0.1) is 0 Å². The fourth-order valence-electron chi connectivity index (χ4n) is 6.03. The number of para-hydroxylation sites is 1. The third kappa shape index (κ3) is 9.29. The van der Waals surface area contributed by atoms with Crippen molar-refractivity contribution in [2.45, 2.75) is 45.3 Å². The predicted octanol–water partition coefficient (Wildman–Crippen LogP) is 4.03. The number of rotatable bonds is 13. The van der Waals surface area contributed by atoms with Gasteiger partial charge in [-0.05, 0) is 62.8 Å². The Bertz CT molecular complexity index is 1400. The normalized spacial score (nSPS) is 16.9. The first-order chi connectivity index (χ1) is 21.6. The van der Waals surface area contributed by atoms with E-state index in [9.17, 15) is 14.7 Å². The van der Waals surface area contributed by atoms with Crippen molar-refractivity contribution in [1.29, 1.82) is 0 Å². The van der Waals surface area contributed by atoms with Crippen LogP contribution in [-0.2, 0) is 17.8 Å². The van der Waals surface area contributed by atoms with Crippen molar-refractivity contribution in [3.63, 3.8) is 0 Å². The summed E-state index contributed by atoms with van der Waals surface area (Å²) in [5.74, 6) is -0.0714. The summed E-state index contributed by atoms with van der Waals surface area (Å²) in [6, 6.07) is 21.4. The number of carbonyl (C=O) groups is 2. The zero-order chi connectivity index (χ0) is 33.1. The highest BCUT2D eigenvalue weighted by atomic mass is 16.5. The van der Waals surface area contributed by atoms with E-state index in [1.54, 1.807) is 7.11 Å². The van der Waals surface area contributed by atoms with Crippen LogP contribution in [0.2, 0.25) is 0 Å². The van der Waals surface area contributed by atoms with Gasteiger partial charge in [0.05, 0.1) is 13.2 Å². The smallest absolute Gasteiger partial charge is 0.251 e. The van der Waals surface area contributed by atoms with Crippen LogP contribution < -0.4 is 20.7 Å². The number of aliphatic hydroxyl groups is 1. The number of hydrogen-bond donors (Lipinski definition) is 3. The van der Waals surface area contributed by atoms with Crippen molar-refractivity contribution < 1.29 is 19.4 Å². The van der Waals surface area contributed by atoms with Crippen molar-refractivity contribution >= 4 is 17.5 Å². The molecule has 9 heteroatoms. The van der Waals surface area contributed by atoms with Crippen LogP contribution in [0.25, 0.3) is 11.1 Å². The molecule has 1 aliphatic heterocycles. The summed E-state index contributed by atoms with van der Waals surface area (Å²) in [6.07, 6.45) is 1.43. The fraction of sp³-hybridized carbons (Fsp3) is 0.444. The van der Waals surface area contributed by atoms with Crippen LogP contribution in [0.1, 0.15) is 41.8 Å². The maximum absolute atomic E-state index is 13.7. The largest absolute Gasteiger partial charge is 0.496 e. The summed E-state index contributed by atoms with van der Waals surface area (Å²) in [7, 11) is 9.55. The average Bonchev–Trinajstić information content (AvgIpc) is 3.44. The van der Waals surface area contributed by atoms with E-state index in [-0.39, 0.29) is 24.5 Å². The van der Waals surface area contributed by atoms with Crippen LogP contribution in [0.15, 0.2) is 66.7 Å². The molecule has 3 aromatic rings. The lowest BCUT2D eigenvalue weighted by atomic mass is 9.97. The summed E-state index contributed by atoms with van der Waals surface area (Å²) in [4.78, 5) is 32.1. The van der Waals surface area contributed by atoms with E-state index in [1.807, 2.05) is 106 Å². The van der Waals surface area contributed by atoms with Crippen LogP contribution in [0.4, 0.5) is 5.69 Å². The zero-order valence-electron chi connectivity index (χ0n) is 27.9. The number of likely N-dealkylation sites (N-methyl/N-ethyl adjacent to an activating group) is 1. The number of methoxy groups -OCH3 is 1. The first kappa shape index (κ1) is 35.6. The van der Waals surface area contributed by atoms with Gasteiger partial charge in [0.2, 0.25) is 5.91 Å². The second kappa shape index (κ2) is 17.0. The van der Waals surface area contributed by atoms with Gasteiger partial charge in [-0.1, -0.05) is 62.4 Å². The van der Waals surface area contributed by atoms with Crippen molar-refractivity contribution in [3.8, 4) is 16.9 Å². The van der Waals surface area contributed by atoms with Crippen LogP contribution in [0.5, 0.6) is 5.75 Å². The topological polar surface area (TPSA) is 111 Å². The number of carbonyl (C=O) groups excluding carboxylic acids is 2. The zero-order valence-corrected chi connectivity index (χ0v) is 27.9. The van der Waals surface area contributed by atoms with Crippen LogP contribution in [0, 0.1) is 5.92 Å². The number of anilines is 1. The Hall–Kier alpha value is -3.92. The SMILES string of the molecule is CC.COc1c(CN2CCC(CO)C2C(N)=O)cccc1-c1cc(C(=O)NC(Cc2ccccc2)CN(C)C)cc(N(C)C)c1. The predicted molar refractivity (Wildman–Crippen MR) is 183 cm³/mol. The maximum Gasteiger partial charge on any atom is 0.251 e.